The summed E-state index contributed by atoms with van der Waals surface area (Å²) >= 11 is 0. The first-order valence-electron chi connectivity index (χ1n) is 6.13. The SMILES string of the molecule is NCC(CC(O)CO)C(CC(O)CO)C(N)C(=O)O. The second kappa shape index (κ2) is 9.18. The van der Waals surface area contributed by atoms with Gasteiger partial charge in [0.1, 0.15) is 6.04 Å². The molecule has 0 bridgehead atoms. The summed E-state index contributed by atoms with van der Waals surface area (Å²) in [5.41, 5.74) is 11.1. The first-order valence-corrected chi connectivity index (χ1v) is 6.13. The molecule has 5 atom stereocenters. The molecular weight excluding hydrogens is 256 g/mol. The van der Waals surface area contributed by atoms with E-state index in [0.29, 0.717) is 0 Å². The number of carbonyl (C=O) groups is 1. The van der Waals surface area contributed by atoms with Crippen molar-refractivity contribution < 1.29 is 30.3 Å². The zero-order valence-electron chi connectivity index (χ0n) is 10.7. The molecule has 0 aromatic rings. The first kappa shape index (κ1) is 18.2. The minimum atomic E-state index is -1.26. The largest absolute Gasteiger partial charge is 0.480 e. The van der Waals surface area contributed by atoms with Gasteiger partial charge in [-0.3, -0.25) is 4.79 Å². The molecule has 8 nitrogen and oxygen atoms in total. The van der Waals surface area contributed by atoms with E-state index in [-0.39, 0.29) is 19.4 Å². The second-order valence-corrected chi connectivity index (χ2v) is 4.67. The quantitative estimate of drug-likeness (QED) is 0.223. The average Bonchev–Trinajstić information content (AvgIpc) is 2.40. The lowest BCUT2D eigenvalue weighted by Crippen LogP contribution is -2.46. The van der Waals surface area contributed by atoms with Crippen molar-refractivity contribution in [3.63, 3.8) is 0 Å². The molecule has 5 unspecified atom stereocenters. The molecule has 0 amide bonds. The van der Waals surface area contributed by atoms with E-state index in [4.69, 9.17) is 26.8 Å². The van der Waals surface area contributed by atoms with Crippen LogP contribution in [0.25, 0.3) is 0 Å². The smallest absolute Gasteiger partial charge is 0.320 e. The van der Waals surface area contributed by atoms with Crippen LogP contribution in [-0.2, 0) is 4.79 Å². The highest BCUT2D eigenvalue weighted by molar-refractivity contribution is 5.73. The first-order chi connectivity index (χ1) is 8.87. The summed E-state index contributed by atoms with van der Waals surface area (Å²) < 4.78 is 0. The van der Waals surface area contributed by atoms with E-state index in [1.807, 2.05) is 0 Å². The molecule has 0 rings (SSSR count). The topological polar surface area (TPSA) is 170 Å². The highest BCUT2D eigenvalue weighted by atomic mass is 16.4. The van der Waals surface area contributed by atoms with Crippen LogP contribution >= 0.6 is 0 Å². The second-order valence-electron chi connectivity index (χ2n) is 4.67. The molecule has 0 saturated heterocycles. The van der Waals surface area contributed by atoms with Gasteiger partial charge in [-0.25, -0.2) is 0 Å². The van der Waals surface area contributed by atoms with Gasteiger partial charge in [0.2, 0.25) is 0 Å². The number of hydrogen-bond donors (Lipinski definition) is 7. The molecule has 0 radical (unpaired) electrons. The third-order valence-electron chi connectivity index (χ3n) is 3.20. The molecule has 0 aliphatic heterocycles. The minimum absolute atomic E-state index is 0.0377. The predicted molar refractivity (Wildman–Crippen MR) is 67.1 cm³/mol. The number of hydrogen-bond acceptors (Lipinski definition) is 7. The Bertz CT molecular complexity index is 266. The Labute approximate surface area is 111 Å². The van der Waals surface area contributed by atoms with E-state index in [1.165, 1.54) is 0 Å². The number of aliphatic hydroxyl groups excluding tert-OH is 4. The van der Waals surface area contributed by atoms with E-state index in [0.717, 1.165) is 0 Å². The fraction of sp³-hybridized carbons (Fsp3) is 0.909. The van der Waals surface area contributed by atoms with Gasteiger partial charge in [0.05, 0.1) is 25.4 Å². The number of nitrogens with two attached hydrogens (primary N) is 2. The third-order valence-corrected chi connectivity index (χ3v) is 3.20. The van der Waals surface area contributed by atoms with Crippen LogP contribution in [0.3, 0.4) is 0 Å². The van der Waals surface area contributed by atoms with Crippen molar-refractivity contribution in [3.8, 4) is 0 Å². The van der Waals surface area contributed by atoms with Crippen molar-refractivity contribution in [2.24, 2.45) is 23.3 Å². The van der Waals surface area contributed by atoms with Crippen molar-refractivity contribution in [1.29, 1.82) is 0 Å². The molecule has 0 saturated carbocycles. The van der Waals surface area contributed by atoms with Crippen LogP contribution in [0.15, 0.2) is 0 Å². The summed E-state index contributed by atoms with van der Waals surface area (Å²) in [7, 11) is 0. The fourth-order valence-corrected chi connectivity index (χ4v) is 2.07. The van der Waals surface area contributed by atoms with Gasteiger partial charge in [-0.15, -0.1) is 0 Å². The summed E-state index contributed by atoms with van der Waals surface area (Å²) in [4.78, 5) is 11.0. The molecule has 0 aromatic carbocycles. The Morgan fingerprint density at radius 2 is 1.53 bits per heavy atom. The van der Waals surface area contributed by atoms with Crippen LogP contribution in [0.4, 0.5) is 0 Å². The van der Waals surface area contributed by atoms with Crippen LogP contribution in [-0.4, -0.2) is 69.5 Å². The molecular formula is C11H24N2O6. The Morgan fingerprint density at radius 1 is 1.05 bits per heavy atom. The zero-order chi connectivity index (χ0) is 15.0. The zero-order valence-corrected chi connectivity index (χ0v) is 10.7. The lowest BCUT2D eigenvalue weighted by atomic mass is 9.79. The maximum absolute atomic E-state index is 11.0. The highest BCUT2D eigenvalue weighted by Crippen LogP contribution is 2.25. The van der Waals surface area contributed by atoms with Gasteiger partial charge in [0, 0.05) is 0 Å². The molecule has 8 heteroatoms. The number of rotatable bonds is 10. The van der Waals surface area contributed by atoms with Crippen LogP contribution in [0.2, 0.25) is 0 Å². The summed E-state index contributed by atoms with van der Waals surface area (Å²) in [5.74, 6) is -2.42. The van der Waals surface area contributed by atoms with Crippen molar-refractivity contribution >= 4 is 5.97 Å². The van der Waals surface area contributed by atoms with E-state index in [2.05, 4.69) is 0 Å². The van der Waals surface area contributed by atoms with Gasteiger partial charge in [0.25, 0.3) is 0 Å². The van der Waals surface area contributed by atoms with Crippen molar-refractivity contribution in [2.75, 3.05) is 19.8 Å². The minimum Gasteiger partial charge on any atom is -0.480 e. The Morgan fingerprint density at radius 3 is 1.89 bits per heavy atom. The maximum Gasteiger partial charge on any atom is 0.320 e. The van der Waals surface area contributed by atoms with Crippen LogP contribution < -0.4 is 11.5 Å². The third kappa shape index (κ3) is 6.28. The van der Waals surface area contributed by atoms with Crippen molar-refractivity contribution in [3.05, 3.63) is 0 Å². The summed E-state index contributed by atoms with van der Waals surface area (Å²) in [6, 6.07) is -1.26. The molecule has 19 heavy (non-hydrogen) atoms. The predicted octanol–water partition coefficient (Wildman–Crippen LogP) is -2.92. The lowest BCUT2D eigenvalue weighted by molar-refractivity contribution is -0.141. The maximum atomic E-state index is 11.0. The van der Waals surface area contributed by atoms with Gasteiger partial charge in [-0.05, 0) is 31.2 Å². The van der Waals surface area contributed by atoms with Gasteiger partial charge in [0.15, 0.2) is 0 Å². The Kier molecular flexibility index (Phi) is 8.81. The lowest BCUT2D eigenvalue weighted by Gasteiger charge is -2.31. The molecule has 0 aromatic heterocycles. The molecule has 9 N–H and O–H groups in total. The normalized spacial score (nSPS) is 19.5. The molecule has 114 valence electrons. The number of aliphatic hydroxyl groups is 4. The summed E-state index contributed by atoms with van der Waals surface area (Å²) in [5, 5.41) is 45.4. The van der Waals surface area contributed by atoms with Gasteiger partial charge in [-0.2, -0.15) is 0 Å². The molecule has 0 heterocycles. The van der Waals surface area contributed by atoms with Gasteiger partial charge in [-0.1, -0.05) is 0 Å². The fourth-order valence-electron chi connectivity index (χ4n) is 2.07. The number of carboxylic acids is 1. The summed E-state index contributed by atoms with van der Waals surface area (Å²) in [6.45, 7) is -0.919. The van der Waals surface area contributed by atoms with Crippen molar-refractivity contribution in [2.45, 2.75) is 31.1 Å². The molecule has 0 aliphatic rings. The van der Waals surface area contributed by atoms with Crippen LogP contribution in [0, 0.1) is 11.8 Å². The molecule has 0 spiro atoms. The Balaban J connectivity index is 4.89. The molecule has 0 aliphatic carbocycles. The van der Waals surface area contributed by atoms with Gasteiger partial charge >= 0.3 is 5.97 Å². The monoisotopic (exact) mass is 280 g/mol. The number of aliphatic carboxylic acids is 1. The summed E-state index contributed by atoms with van der Waals surface area (Å²) in [6.07, 6.45) is -2.08. The van der Waals surface area contributed by atoms with Crippen molar-refractivity contribution in [1.82, 2.24) is 0 Å². The number of carboxylic acid groups (broad SMARTS) is 1. The van der Waals surface area contributed by atoms with E-state index in [9.17, 15) is 15.0 Å². The van der Waals surface area contributed by atoms with E-state index < -0.39 is 49.3 Å². The van der Waals surface area contributed by atoms with E-state index >= 15 is 0 Å². The molecule has 0 fully saturated rings. The Hall–Kier alpha value is -0.770. The van der Waals surface area contributed by atoms with Crippen LogP contribution in [0.1, 0.15) is 12.8 Å². The van der Waals surface area contributed by atoms with E-state index in [1.54, 1.807) is 0 Å². The standard InChI is InChI=1S/C11H24N2O6/c12-3-6(1-7(16)4-14)9(2-8(17)5-15)10(13)11(18)19/h6-10,14-17H,1-5,12-13H2,(H,18,19). The van der Waals surface area contributed by atoms with Gasteiger partial charge < -0.3 is 37.0 Å². The average molecular weight is 280 g/mol. The van der Waals surface area contributed by atoms with Crippen LogP contribution in [0.5, 0.6) is 0 Å². The highest BCUT2D eigenvalue weighted by Gasteiger charge is 2.33.